The summed E-state index contributed by atoms with van der Waals surface area (Å²) in [6.07, 6.45) is 1.83. The molecule has 2 rings (SSSR count). The minimum absolute atomic E-state index is 0.225. The number of halogens is 1. The number of ether oxygens (including phenoxy) is 1. The third-order valence-corrected chi connectivity index (χ3v) is 6.71. The van der Waals surface area contributed by atoms with E-state index in [9.17, 15) is 13.2 Å². The van der Waals surface area contributed by atoms with E-state index in [1.54, 1.807) is 25.3 Å². The number of methoxy groups -OCH3 is 1. The van der Waals surface area contributed by atoms with Crippen molar-refractivity contribution in [2.45, 2.75) is 33.2 Å². The molecule has 164 valence electrons. The predicted octanol–water partition coefficient (Wildman–Crippen LogP) is 4.44. The highest BCUT2D eigenvalue weighted by Crippen LogP contribution is 2.26. The lowest BCUT2D eigenvalue weighted by Gasteiger charge is -2.26. The fourth-order valence-corrected chi connectivity index (χ4v) is 4.24. The van der Waals surface area contributed by atoms with Crippen molar-refractivity contribution in [1.29, 1.82) is 0 Å². The Morgan fingerprint density at radius 1 is 1.17 bits per heavy atom. The number of amides is 1. The molecule has 0 unspecified atom stereocenters. The summed E-state index contributed by atoms with van der Waals surface area (Å²) in [5, 5.41) is 3.01. The monoisotopic (exact) mass is 496 g/mol. The first-order valence-corrected chi connectivity index (χ1v) is 12.3. The van der Waals surface area contributed by atoms with Crippen LogP contribution in [0.4, 0.5) is 5.69 Å². The van der Waals surface area contributed by atoms with Crippen molar-refractivity contribution in [3.63, 3.8) is 0 Å². The van der Waals surface area contributed by atoms with Gasteiger partial charge >= 0.3 is 0 Å². The van der Waals surface area contributed by atoms with Crippen LogP contribution in [-0.2, 0) is 14.8 Å². The van der Waals surface area contributed by atoms with Crippen molar-refractivity contribution in [1.82, 2.24) is 5.32 Å². The third-order valence-electron chi connectivity index (χ3n) is 4.68. The molecule has 2 aromatic carbocycles. The molecule has 1 amide bonds. The minimum Gasteiger partial charge on any atom is -0.497 e. The Hall–Kier alpha value is -2.06. The van der Waals surface area contributed by atoms with Gasteiger partial charge in [0.2, 0.25) is 15.9 Å². The highest BCUT2D eigenvalue weighted by atomic mass is 79.9. The van der Waals surface area contributed by atoms with Gasteiger partial charge < -0.3 is 10.1 Å². The lowest BCUT2D eigenvalue weighted by atomic mass is 9.97. The number of hydrogen-bond acceptors (Lipinski definition) is 4. The first kappa shape index (κ1) is 24.2. The lowest BCUT2D eigenvalue weighted by molar-refractivity contribution is -0.120. The maximum atomic E-state index is 12.9. The second kappa shape index (κ2) is 10.3. The van der Waals surface area contributed by atoms with Gasteiger partial charge in [0.05, 0.1) is 25.1 Å². The van der Waals surface area contributed by atoms with E-state index in [1.807, 2.05) is 31.2 Å². The topological polar surface area (TPSA) is 75.7 Å². The van der Waals surface area contributed by atoms with E-state index in [-0.39, 0.29) is 18.5 Å². The van der Waals surface area contributed by atoms with Crippen molar-refractivity contribution in [3.05, 3.63) is 58.1 Å². The summed E-state index contributed by atoms with van der Waals surface area (Å²) >= 11 is 3.42. The summed E-state index contributed by atoms with van der Waals surface area (Å²) < 4.78 is 32.0. The Bertz CT molecular complexity index is 975. The number of rotatable bonds is 9. The molecular formula is C22H29BrN2O4S. The molecule has 0 heterocycles. The standard InChI is InChI=1S/C22H29BrN2O4S/c1-15(2)12-21(17-6-9-19(29-4)10-7-17)24-22(26)14-25(30(5,27)28)18-8-11-20(23)16(3)13-18/h6-11,13,15,21H,12,14H2,1-5H3,(H,24,26)/t21-/m0/s1. The lowest BCUT2D eigenvalue weighted by Crippen LogP contribution is -2.41. The maximum Gasteiger partial charge on any atom is 0.241 e. The fraction of sp³-hybridized carbons (Fsp3) is 0.409. The van der Waals surface area contributed by atoms with Crippen LogP contribution in [0.5, 0.6) is 5.75 Å². The van der Waals surface area contributed by atoms with E-state index in [4.69, 9.17) is 4.74 Å². The molecule has 0 bridgehead atoms. The number of sulfonamides is 1. The van der Waals surface area contributed by atoms with Crippen LogP contribution < -0.4 is 14.4 Å². The number of anilines is 1. The van der Waals surface area contributed by atoms with Crippen LogP contribution in [0.3, 0.4) is 0 Å². The van der Waals surface area contributed by atoms with Crippen molar-refractivity contribution in [2.75, 3.05) is 24.2 Å². The molecule has 0 aliphatic heterocycles. The largest absolute Gasteiger partial charge is 0.497 e. The molecular weight excluding hydrogens is 468 g/mol. The highest BCUT2D eigenvalue weighted by Gasteiger charge is 2.24. The summed E-state index contributed by atoms with van der Waals surface area (Å²) in [5.74, 6) is 0.724. The smallest absolute Gasteiger partial charge is 0.241 e. The molecule has 1 atom stereocenters. The minimum atomic E-state index is -3.63. The van der Waals surface area contributed by atoms with Crippen molar-refractivity contribution in [3.8, 4) is 5.75 Å². The molecule has 1 N–H and O–H groups in total. The summed E-state index contributed by atoms with van der Waals surface area (Å²) in [5.41, 5.74) is 2.29. The molecule has 0 spiro atoms. The van der Waals surface area contributed by atoms with Crippen LogP contribution in [-0.4, -0.2) is 34.2 Å². The SMILES string of the molecule is COc1ccc([C@H](CC(C)C)NC(=O)CN(c2ccc(Br)c(C)c2)S(C)(=O)=O)cc1. The second-order valence-corrected chi connectivity index (χ2v) is 10.5. The zero-order valence-electron chi connectivity index (χ0n) is 18.0. The van der Waals surface area contributed by atoms with Gasteiger partial charge in [-0.05, 0) is 60.7 Å². The zero-order valence-corrected chi connectivity index (χ0v) is 20.4. The Morgan fingerprint density at radius 2 is 1.80 bits per heavy atom. The molecule has 6 nitrogen and oxygen atoms in total. The number of carbonyl (C=O) groups excluding carboxylic acids is 1. The Labute approximate surface area is 187 Å². The summed E-state index contributed by atoms with van der Waals surface area (Å²) in [7, 11) is -2.03. The third kappa shape index (κ3) is 6.74. The molecule has 8 heteroatoms. The van der Waals surface area contributed by atoms with Gasteiger partial charge in [0.1, 0.15) is 12.3 Å². The number of nitrogens with zero attached hydrogens (tertiary/aromatic N) is 1. The van der Waals surface area contributed by atoms with Crippen molar-refractivity contribution in [2.24, 2.45) is 5.92 Å². The summed E-state index contributed by atoms with van der Waals surface area (Å²) in [6.45, 7) is 5.74. The Kier molecular flexibility index (Phi) is 8.32. The van der Waals surface area contributed by atoms with Gasteiger partial charge in [-0.1, -0.05) is 41.9 Å². The fourth-order valence-electron chi connectivity index (χ4n) is 3.14. The van der Waals surface area contributed by atoms with Gasteiger partial charge in [-0.3, -0.25) is 9.10 Å². The number of nitrogens with one attached hydrogen (secondary N) is 1. The molecule has 0 fully saturated rings. The van der Waals surface area contributed by atoms with Gasteiger partial charge in [-0.2, -0.15) is 0 Å². The number of carbonyl (C=O) groups is 1. The van der Waals surface area contributed by atoms with Gasteiger partial charge in [-0.25, -0.2) is 8.42 Å². The second-order valence-electron chi connectivity index (χ2n) is 7.73. The average Bonchev–Trinajstić information content (AvgIpc) is 2.67. The molecule has 0 aliphatic rings. The first-order chi connectivity index (χ1) is 14.0. The molecule has 2 aromatic rings. The number of aryl methyl sites for hydroxylation is 1. The molecule has 0 radical (unpaired) electrons. The van der Waals surface area contributed by atoms with E-state index >= 15 is 0 Å². The molecule has 0 aliphatic carbocycles. The van der Waals surface area contributed by atoms with Gasteiger partial charge in [-0.15, -0.1) is 0 Å². The predicted molar refractivity (Wildman–Crippen MR) is 124 cm³/mol. The van der Waals surface area contributed by atoms with Gasteiger partial charge in [0.25, 0.3) is 0 Å². The normalized spacial score (nSPS) is 12.5. The van der Waals surface area contributed by atoms with Crippen LogP contribution in [0.2, 0.25) is 0 Å². The van der Waals surface area contributed by atoms with Crippen LogP contribution in [0, 0.1) is 12.8 Å². The average molecular weight is 497 g/mol. The van der Waals surface area contributed by atoms with E-state index in [2.05, 4.69) is 35.1 Å². The van der Waals surface area contributed by atoms with E-state index in [1.165, 1.54) is 0 Å². The maximum absolute atomic E-state index is 12.9. The Balaban J connectivity index is 2.24. The zero-order chi connectivity index (χ0) is 22.5. The van der Waals surface area contributed by atoms with Crippen LogP contribution in [0.1, 0.15) is 37.4 Å². The number of benzene rings is 2. The van der Waals surface area contributed by atoms with Crippen molar-refractivity contribution >= 4 is 37.5 Å². The van der Waals surface area contributed by atoms with Gasteiger partial charge in [0, 0.05) is 4.47 Å². The van der Waals surface area contributed by atoms with Crippen molar-refractivity contribution < 1.29 is 17.9 Å². The Morgan fingerprint density at radius 3 is 2.30 bits per heavy atom. The molecule has 0 saturated heterocycles. The molecule has 0 saturated carbocycles. The van der Waals surface area contributed by atoms with Crippen LogP contribution in [0.25, 0.3) is 0 Å². The molecule has 30 heavy (non-hydrogen) atoms. The molecule has 0 aromatic heterocycles. The van der Waals surface area contributed by atoms with E-state index < -0.39 is 10.0 Å². The van der Waals surface area contributed by atoms with E-state index in [0.29, 0.717) is 11.6 Å². The summed E-state index contributed by atoms with van der Waals surface area (Å²) in [6, 6.07) is 12.5. The van der Waals surface area contributed by atoms with Gasteiger partial charge in [0.15, 0.2) is 0 Å². The first-order valence-electron chi connectivity index (χ1n) is 9.68. The highest BCUT2D eigenvalue weighted by molar-refractivity contribution is 9.10. The summed E-state index contributed by atoms with van der Waals surface area (Å²) in [4.78, 5) is 12.9. The number of hydrogen-bond donors (Lipinski definition) is 1. The van der Waals surface area contributed by atoms with Crippen LogP contribution in [0.15, 0.2) is 46.9 Å². The van der Waals surface area contributed by atoms with E-state index in [0.717, 1.165) is 38.3 Å². The van der Waals surface area contributed by atoms with Crippen LogP contribution >= 0.6 is 15.9 Å². The quantitative estimate of drug-likeness (QED) is 0.556.